The smallest absolute Gasteiger partial charge is 0.191 e. The van der Waals surface area contributed by atoms with Crippen LogP contribution in [0.5, 0.6) is 0 Å². The van der Waals surface area contributed by atoms with Gasteiger partial charge in [0.25, 0.3) is 0 Å². The summed E-state index contributed by atoms with van der Waals surface area (Å²) in [5, 5.41) is 11.0. The first-order chi connectivity index (χ1) is 12.2. The number of guanidine groups is 1. The lowest BCUT2D eigenvalue weighted by Crippen LogP contribution is -2.38. The molecule has 0 bridgehead atoms. The fourth-order valence-electron chi connectivity index (χ4n) is 3.20. The van der Waals surface area contributed by atoms with Crippen molar-refractivity contribution in [1.82, 2.24) is 20.4 Å². The molecule has 0 aliphatic carbocycles. The van der Waals surface area contributed by atoms with Gasteiger partial charge in [0.05, 0.1) is 18.3 Å². The second-order valence-electron chi connectivity index (χ2n) is 6.53. The monoisotopic (exact) mass is 468 g/mol. The molecule has 142 valence electrons. The summed E-state index contributed by atoms with van der Waals surface area (Å²) in [5.74, 6) is 0.792. The quantitative estimate of drug-likeness (QED) is 0.403. The number of aryl methyl sites for hydroxylation is 1. The van der Waals surface area contributed by atoms with Gasteiger partial charge in [-0.1, -0.05) is 12.1 Å². The minimum atomic E-state index is 0. The van der Waals surface area contributed by atoms with E-state index in [1.807, 2.05) is 17.8 Å². The van der Waals surface area contributed by atoms with Crippen molar-refractivity contribution in [2.75, 3.05) is 25.0 Å². The van der Waals surface area contributed by atoms with Gasteiger partial charge in [-0.3, -0.25) is 9.67 Å². The third-order valence-electron chi connectivity index (χ3n) is 4.78. The van der Waals surface area contributed by atoms with Crippen molar-refractivity contribution < 1.29 is 0 Å². The molecule has 26 heavy (non-hydrogen) atoms. The average Bonchev–Trinajstić information content (AvgIpc) is 3.30. The van der Waals surface area contributed by atoms with Gasteiger partial charge in [-0.05, 0) is 43.5 Å². The van der Waals surface area contributed by atoms with Crippen LogP contribution in [0.3, 0.4) is 0 Å². The van der Waals surface area contributed by atoms with Crippen LogP contribution in [0.1, 0.15) is 37.1 Å². The Balaban J connectivity index is 0.00000243. The molecular weight excluding hydrogens is 439 g/mol. The van der Waals surface area contributed by atoms with E-state index in [1.54, 1.807) is 13.2 Å². The molecular formula is C19H29IN6. The van der Waals surface area contributed by atoms with Gasteiger partial charge in [-0.2, -0.15) is 5.10 Å². The fourth-order valence-corrected chi connectivity index (χ4v) is 3.20. The summed E-state index contributed by atoms with van der Waals surface area (Å²) < 4.78 is 1.86. The van der Waals surface area contributed by atoms with Crippen molar-refractivity contribution >= 4 is 35.6 Å². The largest absolute Gasteiger partial charge is 0.372 e. The van der Waals surface area contributed by atoms with Crippen LogP contribution in [-0.4, -0.2) is 35.9 Å². The number of hydrogen-bond acceptors (Lipinski definition) is 3. The molecule has 7 heteroatoms. The lowest BCUT2D eigenvalue weighted by molar-refractivity contribution is 0.659. The number of hydrogen-bond donors (Lipinski definition) is 2. The zero-order valence-electron chi connectivity index (χ0n) is 15.8. The Morgan fingerprint density at radius 3 is 2.69 bits per heavy atom. The highest BCUT2D eigenvalue weighted by Gasteiger charge is 2.14. The van der Waals surface area contributed by atoms with Crippen molar-refractivity contribution in [3.05, 3.63) is 47.8 Å². The van der Waals surface area contributed by atoms with Crippen LogP contribution < -0.4 is 15.5 Å². The molecule has 1 atom stereocenters. The molecule has 3 rings (SSSR count). The zero-order valence-corrected chi connectivity index (χ0v) is 18.1. The highest BCUT2D eigenvalue weighted by atomic mass is 127. The number of anilines is 1. The van der Waals surface area contributed by atoms with E-state index in [0.29, 0.717) is 6.54 Å². The van der Waals surface area contributed by atoms with Gasteiger partial charge in [0.2, 0.25) is 0 Å². The summed E-state index contributed by atoms with van der Waals surface area (Å²) in [4.78, 5) is 6.80. The van der Waals surface area contributed by atoms with E-state index in [-0.39, 0.29) is 30.0 Å². The van der Waals surface area contributed by atoms with E-state index in [9.17, 15) is 0 Å². The molecule has 6 nitrogen and oxygen atoms in total. The third kappa shape index (κ3) is 5.12. The third-order valence-corrected chi connectivity index (χ3v) is 4.78. The summed E-state index contributed by atoms with van der Waals surface area (Å²) >= 11 is 0. The number of nitrogens with zero attached hydrogens (tertiary/aromatic N) is 4. The summed E-state index contributed by atoms with van der Waals surface area (Å²) in [6.07, 6.45) is 4.39. The van der Waals surface area contributed by atoms with Gasteiger partial charge < -0.3 is 15.5 Å². The predicted molar refractivity (Wildman–Crippen MR) is 118 cm³/mol. The van der Waals surface area contributed by atoms with Crippen LogP contribution in [0.15, 0.2) is 41.5 Å². The maximum atomic E-state index is 4.34. The molecule has 1 unspecified atom stereocenters. The maximum Gasteiger partial charge on any atom is 0.191 e. The number of benzene rings is 1. The summed E-state index contributed by atoms with van der Waals surface area (Å²) in [6, 6.07) is 11.0. The van der Waals surface area contributed by atoms with Crippen LogP contribution in [0.25, 0.3) is 0 Å². The van der Waals surface area contributed by atoms with E-state index in [0.717, 1.165) is 11.7 Å². The number of aliphatic imine (C=N–C) groups is 1. The van der Waals surface area contributed by atoms with Gasteiger partial charge in [-0.15, -0.1) is 24.0 Å². The molecule has 1 aliphatic heterocycles. The van der Waals surface area contributed by atoms with Crippen LogP contribution in [0.4, 0.5) is 5.69 Å². The Bertz CT molecular complexity index is 720. The Morgan fingerprint density at radius 1 is 1.27 bits per heavy atom. The first kappa shape index (κ1) is 20.5. The SMILES string of the molecule is CN=C(NCc1ccnn1C)NC(C)c1cccc(N2CCCC2)c1.I. The van der Waals surface area contributed by atoms with E-state index in [1.165, 1.54) is 37.2 Å². The van der Waals surface area contributed by atoms with Crippen LogP contribution in [0.2, 0.25) is 0 Å². The van der Waals surface area contributed by atoms with Crippen molar-refractivity contribution in [2.45, 2.75) is 32.4 Å². The summed E-state index contributed by atoms with van der Waals surface area (Å²) in [5.41, 5.74) is 3.71. The molecule has 2 aromatic rings. The van der Waals surface area contributed by atoms with Crippen molar-refractivity contribution in [3.63, 3.8) is 0 Å². The Morgan fingerprint density at radius 2 is 2.04 bits per heavy atom. The first-order valence-corrected chi connectivity index (χ1v) is 8.96. The minimum Gasteiger partial charge on any atom is -0.372 e. The summed E-state index contributed by atoms with van der Waals surface area (Å²) in [6.45, 7) is 5.19. The first-order valence-electron chi connectivity index (χ1n) is 8.96. The lowest BCUT2D eigenvalue weighted by Gasteiger charge is -2.22. The van der Waals surface area contributed by atoms with E-state index in [2.05, 4.69) is 56.8 Å². The molecule has 1 aliphatic rings. The Labute approximate surface area is 173 Å². The van der Waals surface area contributed by atoms with Gasteiger partial charge in [0.1, 0.15) is 0 Å². The van der Waals surface area contributed by atoms with Crippen LogP contribution in [-0.2, 0) is 13.6 Å². The number of rotatable bonds is 5. The lowest BCUT2D eigenvalue weighted by atomic mass is 10.1. The minimum absolute atomic E-state index is 0. The standard InChI is InChI=1S/C19H28N6.HI/c1-15(16-7-6-8-17(13-16)25-11-4-5-12-25)23-19(20-2)21-14-18-9-10-22-24(18)3;/h6-10,13,15H,4-5,11-12,14H2,1-3H3,(H2,20,21,23);1H. The van der Waals surface area contributed by atoms with Crippen molar-refractivity contribution in [1.29, 1.82) is 0 Å². The number of nitrogens with one attached hydrogen (secondary N) is 2. The van der Waals surface area contributed by atoms with E-state index >= 15 is 0 Å². The fraction of sp³-hybridized carbons (Fsp3) is 0.474. The predicted octanol–water partition coefficient (Wildman–Crippen LogP) is 3.06. The van der Waals surface area contributed by atoms with Crippen LogP contribution >= 0.6 is 24.0 Å². The highest BCUT2D eigenvalue weighted by molar-refractivity contribution is 14.0. The summed E-state index contributed by atoms with van der Waals surface area (Å²) in [7, 11) is 3.74. The second-order valence-corrected chi connectivity index (χ2v) is 6.53. The van der Waals surface area contributed by atoms with Crippen molar-refractivity contribution in [3.8, 4) is 0 Å². The van der Waals surface area contributed by atoms with Gasteiger partial charge in [0.15, 0.2) is 5.96 Å². The van der Waals surface area contributed by atoms with Gasteiger partial charge in [0, 0.05) is 39.1 Å². The molecule has 1 saturated heterocycles. The number of halogens is 1. The molecule has 2 N–H and O–H groups in total. The zero-order chi connectivity index (χ0) is 17.6. The molecule has 0 spiro atoms. The number of aromatic nitrogens is 2. The van der Waals surface area contributed by atoms with Crippen LogP contribution in [0, 0.1) is 0 Å². The Hall–Kier alpha value is -1.77. The van der Waals surface area contributed by atoms with Crippen molar-refractivity contribution in [2.24, 2.45) is 12.0 Å². The van der Waals surface area contributed by atoms with E-state index < -0.39 is 0 Å². The molecule has 0 radical (unpaired) electrons. The van der Waals surface area contributed by atoms with Gasteiger partial charge >= 0.3 is 0 Å². The van der Waals surface area contributed by atoms with Gasteiger partial charge in [-0.25, -0.2) is 0 Å². The molecule has 2 heterocycles. The average molecular weight is 468 g/mol. The van der Waals surface area contributed by atoms with E-state index in [4.69, 9.17) is 0 Å². The normalized spacial score (nSPS) is 15.5. The molecule has 0 amide bonds. The molecule has 1 aromatic heterocycles. The Kier molecular flexibility index (Phi) is 7.74. The second kappa shape index (κ2) is 9.80. The maximum absolute atomic E-state index is 4.34. The molecule has 0 saturated carbocycles. The molecule has 1 fully saturated rings. The topological polar surface area (TPSA) is 57.5 Å². The molecule has 1 aromatic carbocycles. The highest BCUT2D eigenvalue weighted by Crippen LogP contribution is 2.23.